The van der Waals surface area contributed by atoms with Gasteiger partial charge in [-0.3, -0.25) is 10.1 Å². The third kappa shape index (κ3) is 6.82. The third-order valence-electron chi connectivity index (χ3n) is 4.59. The molecule has 0 radical (unpaired) electrons. The van der Waals surface area contributed by atoms with Crippen LogP contribution in [0.25, 0.3) is 0 Å². The summed E-state index contributed by atoms with van der Waals surface area (Å²) in [6, 6.07) is 0.269. The molecule has 8 nitrogen and oxygen atoms in total. The van der Waals surface area contributed by atoms with Gasteiger partial charge in [0.05, 0.1) is 5.56 Å². The maximum absolute atomic E-state index is 14.0. The number of anilines is 1. The molecule has 176 valence electrons. The summed E-state index contributed by atoms with van der Waals surface area (Å²) in [4.78, 5) is 23.9. The topological polar surface area (TPSA) is 132 Å². The Bertz CT molecular complexity index is 955. The Balaban J connectivity index is 1.97. The zero-order valence-corrected chi connectivity index (χ0v) is 18.4. The van der Waals surface area contributed by atoms with Crippen molar-refractivity contribution in [1.82, 2.24) is 9.69 Å². The first kappa shape index (κ1) is 25.4. The summed E-state index contributed by atoms with van der Waals surface area (Å²) in [5.41, 5.74) is 9.68. The van der Waals surface area contributed by atoms with Gasteiger partial charge in [-0.05, 0) is 49.5 Å². The lowest BCUT2D eigenvalue weighted by molar-refractivity contribution is 0.0996. The van der Waals surface area contributed by atoms with E-state index in [-0.39, 0.29) is 22.0 Å². The normalized spacial score (nSPS) is 10.8. The number of nitrogens with zero attached hydrogens (tertiary/aromatic N) is 1. The van der Waals surface area contributed by atoms with Crippen LogP contribution in [-0.4, -0.2) is 29.4 Å². The van der Waals surface area contributed by atoms with Gasteiger partial charge >= 0.3 is 6.03 Å². The molecule has 0 unspecified atom stereocenters. The van der Waals surface area contributed by atoms with Crippen LogP contribution in [0.5, 0.6) is 5.88 Å². The number of rotatable bonds is 12. The minimum Gasteiger partial charge on any atom is -0.471 e. The minimum absolute atomic E-state index is 0.0176. The molecule has 1 heterocycles. The second kappa shape index (κ2) is 12.2. The predicted molar refractivity (Wildman–Crippen MR) is 115 cm³/mol. The average molecular weight is 474 g/mol. The van der Waals surface area contributed by atoms with E-state index < -0.39 is 41.6 Å². The van der Waals surface area contributed by atoms with Crippen molar-refractivity contribution in [2.24, 2.45) is 11.5 Å². The molecular weight excluding hydrogens is 447 g/mol. The Morgan fingerprint density at radius 1 is 1.12 bits per heavy atom. The summed E-state index contributed by atoms with van der Waals surface area (Å²) in [6.07, 6.45) is 4.75. The molecule has 0 aliphatic carbocycles. The number of carbonyl (C=O) groups is 2. The van der Waals surface area contributed by atoms with Gasteiger partial charge in [0.15, 0.2) is 11.6 Å². The fourth-order valence-corrected chi connectivity index (χ4v) is 3.59. The number of hydrogen-bond donors (Lipinski definition) is 4. The highest BCUT2D eigenvalue weighted by molar-refractivity contribution is 7.11. The van der Waals surface area contributed by atoms with Crippen molar-refractivity contribution in [3.8, 4) is 5.88 Å². The Morgan fingerprint density at radius 2 is 1.81 bits per heavy atom. The van der Waals surface area contributed by atoms with Crippen LogP contribution in [0.1, 0.15) is 53.6 Å². The van der Waals surface area contributed by atoms with E-state index in [4.69, 9.17) is 16.2 Å². The molecule has 12 heteroatoms. The summed E-state index contributed by atoms with van der Waals surface area (Å²) in [6.45, 7) is 1.59. The number of urea groups is 1. The molecular formula is C20H26F3N5O3S. The highest BCUT2D eigenvalue weighted by Gasteiger charge is 2.24. The number of aryl methyl sites for hydroxylation is 1. The van der Waals surface area contributed by atoms with Crippen molar-refractivity contribution in [2.45, 2.75) is 45.6 Å². The third-order valence-corrected chi connectivity index (χ3v) is 5.34. The number of nitrogens with one attached hydrogen (secondary N) is 2. The number of unbranched alkanes of at least 4 members (excludes halogenated alkanes) is 4. The molecule has 6 N–H and O–H groups in total. The van der Waals surface area contributed by atoms with Gasteiger partial charge in [-0.2, -0.15) is 4.37 Å². The number of amides is 3. The van der Waals surface area contributed by atoms with E-state index >= 15 is 0 Å². The smallest absolute Gasteiger partial charge is 0.319 e. The van der Waals surface area contributed by atoms with Crippen LogP contribution in [-0.2, 0) is 6.61 Å². The molecule has 0 saturated heterocycles. The number of nitrogens with two attached hydrogens (primary N) is 2. The summed E-state index contributed by atoms with van der Waals surface area (Å²) in [7, 11) is 0. The molecule has 0 atom stereocenters. The molecule has 2 aromatic rings. The van der Waals surface area contributed by atoms with Crippen molar-refractivity contribution < 1.29 is 27.5 Å². The van der Waals surface area contributed by atoms with Gasteiger partial charge in [0, 0.05) is 6.54 Å². The van der Waals surface area contributed by atoms with Crippen molar-refractivity contribution in [3.05, 3.63) is 40.2 Å². The molecule has 0 aliphatic heterocycles. The van der Waals surface area contributed by atoms with Crippen LogP contribution >= 0.6 is 11.5 Å². The van der Waals surface area contributed by atoms with Gasteiger partial charge in [-0.25, -0.2) is 18.0 Å². The molecule has 0 bridgehead atoms. The van der Waals surface area contributed by atoms with E-state index in [9.17, 15) is 22.8 Å². The van der Waals surface area contributed by atoms with Crippen LogP contribution in [0.15, 0.2) is 6.07 Å². The number of hydrogen-bond acceptors (Lipinski definition) is 6. The van der Waals surface area contributed by atoms with Crippen LogP contribution in [0, 0.1) is 24.4 Å². The summed E-state index contributed by atoms with van der Waals surface area (Å²) < 4.78 is 50.8. The first-order chi connectivity index (χ1) is 15.3. The second-order valence-electron chi connectivity index (χ2n) is 7.06. The molecule has 0 saturated carbocycles. The standard InChI is InChI=1S/C20H26F3N5O3S/c1-11-9-13(21)12(16(23)15(11)22)10-31-18-14(17(25)29)19(32-28-18)27-20(30)26-8-6-4-2-3-5-7-24/h9H,2-8,10,24H2,1H3,(H2,25,29)(H2,26,27,30). The van der Waals surface area contributed by atoms with E-state index in [1.807, 2.05) is 0 Å². The van der Waals surface area contributed by atoms with Crippen molar-refractivity contribution >= 4 is 28.5 Å². The lowest BCUT2D eigenvalue weighted by Gasteiger charge is -2.10. The lowest BCUT2D eigenvalue weighted by atomic mass is 10.1. The fourth-order valence-electron chi connectivity index (χ4n) is 2.85. The second-order valence-corrected chi connectivity index (χ2v) is 7.84. The van der Waals surface area contributed by atoms with Crippen molar-refractivity contribution in [2.75, 3.05) is 18.4 Å². The van der Waals surface area contributed by atoms with Crippen LogP contribution in [0.3, 0.4) is 0 Å². The Morgan fingerprint density at radius 3 is 2.50 bits per heavy atom. The summed E-state index contributed by atoms with van der Waals surface area (Å²) in [5.74, 6) is -4.87. The Labute approximate surface area is 187 Å². The quantitative estimate of drug-likeness (QED) is 0.276. The van der Waals surface area contributed by atoms with Gasteiger partial charge in [0.25, 0.3) is 5.91 Å². The van der Waals surface area contributed by atoms with Gasteiger partial charge in [-0.15, -0.1) is 0 Å². The maximum atomic E-state index is 14.0. The van der Waals surface area contributed by atoms with E-state index in [0.717, 1.165) is 38.2 Å². The molecule has 1 aromatic heterocycles. The van der Waals surface area contributed by atoms with Gasteiger partial charge < -0.3 is 21.5 Å². The van der Waals surface area contributed by atoms with Crippen LogP contribution in [0.4, 0.5) is 23.0 Å². The first-order valence-corrected chi connectivity index (χ1v) is 10.8. The number of halogens is 3. The van der Waals surface area contributed by atoms with Crippen molar-refractivity contribution in [1.29, 1.82) is 0 Å². The highest BCUT2D eigenvalue weighted by Crippen LogP contribution is 2.31. The molecule has 0 fully saturated rings. The van der Waals surface area contributed by atoms with Gasteiger partial charge in [0.1, 0.15) is 23.0 Å². The molecule has 0 spiro atoms. The molecule has 32 heavy (non-hydrogen) atoms. The first-order valence-electron chi connectivity index (χ1n) is 10.1. The Hall–Kier alpha value is -2.86. The highest BCUT2D eigenvalue weighted by atomic mass is 32.1. The zero-order chi connectivity index (χ0) is 23.7. The SMILES string of the molecule is Cc1cc(F)c(COc2nsc(NC(=O)NCCCCCCCN)c2C(N)=O)c(F)c1F. The molecule has 0 aliphatic rings. The average Bonchev–Trinajstić information content (AvgIpc) is 3.14. The van der Waals surface area contributed by atoms with Gasteiger partial charge in [0.2, 0.25) is 5.88 Å². The van der Waals surface area contributed by atoms with E-state index in [1.165, 1.54) is 6.92 Å². The predicted octanol–water partition coefficient (Wildman–Crippen LogP) is 3.58. The number of carbonyl (C=O) groups excluding carboxylic acids is 2. The minimum atomic E-state index is -1.39. The molecule has 1 aromatic carbocycles. The van der Waals surface area contributed by atoms with Crippen molar-refractivity contribution in [3.63, 3.8) is 0 Å². The van der Waals surface area contributed by atoms with E-state index in [2.05, 4.69) is 15.0 Å². The summed E-state index contributed by atoms with van der Waals surface area (Å²) in [5, 5.41) is 5.13. The number of primary amides is 1. The summed E-state index contributed by atoms with van der Waals surface area (Å²) >= 11 is 0.714. The zero-order valence-electron chi connectivity index (χ0n) is 17.6. The monoisotopic (exact) mass is 473 g/mol. The largest absolute Gasteiger partial charge is 0.471 e. The Kier molecular flexibility index (Phi) is 9.72. The molecule has 2 rings (SSSR count). The van der Waals surface area contributed by atoms with Gasteiger partial charge in [-0.1, -0.05) is 19.3 Å². The number of ether oxygens (including phenoxy) is 1. The van der Waals surface area contributed by atoms with Crippen LogP contribution in [0.2, 0.25) is 0 Å². The number of aromatic nitrogens is 1. The molecule has 3 amide bonds. The lowest BCUT2D eigenvalue weighted by Crippen LogP contribution is -2.30. The van der Waals surface area contributed by atoms with E-state index in [0.29, 0.717) is 24.6 Å². The van der Waals surface area contributed by atoms with E-state index in [1.54, 1.807) is 0 Å². The fraction of sp³-hybridized carbons (Fsp3) is 0.450. The maximum Gasteiger partial charge on any atom is 0.319 e. The van der Waals surface area contributed by atoms with Crippen LogP contribution < -0.4 is 26.8 Å². The number of benzene rings is 1.